The number of aromatic nitrogens is 2. The molecule has 0 aliphatic rings. The third kappa shape index (κ3) is 1.93. The number of benzene rings is 2. The van der Waals surface area contributed by atoms with E-state index in [-0.39, 0.29) is 17.5 Å². The Hall–Kier alpha value is -2.57. The maximum atomic E-state index is 13.9. The number of anilines is 1. The van der Waals surface area contributed by atoms with Gasteiger partial charge >= 0.3 is 0 Å². The predicted octanol–water partition coefficient (Wildman–Crippen LogP) is 3.47. The summed E-state index contributed by atoms with van der Waals surface area (Å²) < 4.78 is 55.4. The molecule has 0 radical (unpaired) electrons. The van der Waals surface area contributed by atoms with Gasteiger partial charge in [-0.2, -0.15) is 0 Å². The maximum absolute atomic E-state index is 13.9. The summed E-state index contributed by atoms with van der Waals surface area (Å²) >= 11 is 0. The summed E-state index contributed by atoms with van der Waals surface area (Å²) in [5.74, 6) is -6.33. The zero-order valence-corrected chi connectivity index (χ0v) is 10.8. The number of hydrogen-bond acceptors (Lipinski definition) is 2. The van der Waals surface area contributed by atoms with Gasteiger partial charge in [0.25, 0.3) is 0 Å². The maximum Gasteiger partial charge on any atom is 0.206 e. The Morgan fingerprint density at radius 2 is 1.62 bits per heavy atom. The molecule has 21 heavy (non-hydrogen) atoms. The normalized spacial score (nSPS) is 11.3. The fraction of sp³-hybridized carbons (Fsp3) is 0.0714. The summed E-state index contributed by atoms with van der Waals surface area (Å²) in [5.41, 5.74) is 6.21. The van der Waals surface area contributed by atoms with Gasteiger partial charge in [0, 0.05) is 6.07 Å². The fourth-order valence-corrected chi connectivity index (χ4v) is 2.20. The average molecular weight is 295 g/mol. The molecule has 3 nitrogen and oxygen atoms in total. The average Bonchev–Trinajstić information content (AvgIpc) is 2.73. The van der Waals surface area contributed by atoms with E-state index in [2.05, 4.69) is 4.98 Å². The predicted molar refractivity (Wildman–Crippen MR) is 70.1 cm³/mol. The lowest BCUT2D eigenvalue weighted by Gasteiger charge is -2.10. The molecule has 0 spiro atoms. The van der Waals surface area contributed by atoms with Gasteiger partial charge in [-0.3, -0.25) is 4.57 Å². The van der Waals surface area contributed by atoms with Gasteiger partial charge in [-0.15, -0.1) is 0 Å². The molecule has 3 rings (SSSR count). The van der Waals surface area contributed by atoms with Crippen molar-refractivity contribution in [1.82, 2.24) is 9.55 Å². The number of rotatable bonds is 1. The number of halogens is 4. The molecule has 0 aliphatic carbocycles. The lowest BCUT2D eigenvalue weighted by molar-refractivity contribution is 0.449. The highest BCUT2D eigenvalue weighted by Crippen LogP contribution is 2.29. The molecule has 2 N–H and O–H groups in total. The second-order valence-electron chi connectivity index (χ2n) is 4.61. The number of nitrogen functional groups attached to an aromatic ring is 1. The lowest BCUT2D eigenvalue weighted by Crippen LogP contribution is -2.09. The van der Waals surface area contributed by atoms with E-state index in [0.29, 0.717) is 5.52 Å². The van der Waals surface area contributed by atoms with E-state index >= 15 is 0 Å². The van der Waals surface area contributed by atoms with E-state index in [0.717, 1.165) is 10.1 Å². The van der Waals surface area contributed by atoms with E-state index in [1.807, 2.05) is 0 Å². The van der Waals surface area contributed by atoms with Crippen LogP contribution in [0.4, 0.5) is 23.5 Å². The molecule has 0 unspecified atom stereocenters. The molecule has 1 heterocycles. The minimum absolute atomic E-state index is 0.146. The first kappa shape index (κ1) is 13.4. The van der Waals surface area contributed by atoms with Gasteiger partial charge in [0.15, 0.2) is 23.3 Å². The molecule has 3 aromatic rings. The second kappa shape index (κ2) is 4.47. The Balaban J connectivity index is 2.44. The molecule has 2 aromatic carbocycles. The Morgan fingerprint density at radius 3 is 2.24 bits per heavy atom. The molecule has 0 aliphatic heterocycles. The van der Waals surface area contributed by atoms with Crippen LogP contribution in [0, 0.1) is 30.2 Å². The molecule has 0 saturated carbocycles. The van der Waals surface area contributed by atoms with Crippen LogP contribution in [0.15, 0.2) is 24.3 Å². The van der Waals surface area contributed by atoms with Crippen LogP contribution < -0.4 is 5.73 Å². The number of fused-ring (bicyclic) bond motifs is 1. The summed E-state index contributed by atoms with van der Waals surface area (Å²) in [6.07, 6.45) is 0. The standard InChI is InChI=1S/C14H9F4N3/c1-6-2-3-10-9(4-6)20-14(19)21(10)13-11(17)7(15)5-8(16)12(13)18/h2-5H,1H3,(H2,19,20). The quantitative estimate of drug-likeness (QED) is 0.552. The van der Waals surface area contributed by atoms with Crippen LogP contribution in [-0.2, 0) is 0 Å². The third-order valence-corrected chi connectivity index (χ3v) is 3.15. The van der Waals surface area contributed by atoms with Gasteiger partial charge < -0.3 is 5.73 Å². The van der Waals surface area contributed by atoms with Crippen LogP contribution >= 0.6 is 0 Å². The summed E-state index contributed by atoms with van der Waals surface area (Å²) in [6.45, 7) is 1.80. The van der Waals surface area contributed by atoms with E-state index in [4.69, 9.17) is 5.73 Å². The van der Waals surface area contributed by atoms with Crippen LogP contribution in [-0.4, -0.2) is 9.55 Å². The van der Waals surface area contributed by atoms with Crippen LogP contribution in [0.3, 0.4) is 0 Å². The van der Waals surface area contributed by atoms with Crippen molar-refractivity contribution in [2.75, 3.05) is 5.73 Å². The van der Waals surface area contributed by atoms with E-state index in [9.17, 15) is 17.6 Å². The van der Waals surface area contributed by atoms with Gasteiger partial charge in [-0.25, -0.2) is 22.5 Å². The van der Waals surface area contributed by atoms with Gasteiger partial charge in [-0.1, -0.05) is 6.07 Å². The third-order valence-electron chi connectivity index (χ3n) is 3.15. The van der Waals surface area contributed by atoms with E-state index < -0.39 is 29.0 Å². The van der Waals surface area contributed by atoms with Crippen molar-refractivity contribution in [2.24, 2.45) is 0 Å². The van der Waals surface area contributed by atoms with Gasteiger partial charge in [0.05, 0.1) is 11.0 Å². The Labute approximate surface area is 116 Å². The summed E-state index contributed by atoms with van der Waals surface area (Å²) in [5, 5.41) is 0. The minimum Gasteiger partial charge on any atom is -0.369 e. The summed E-state index contributed by atoms with van der Waals surface area (Å²) in [7, 11) is 0. The van der Waals surface area contributed by atoms with Gasteiger partial charge in [-0.05, 0) is 24.6 Å². The first-order valence-corrected chi connectivity index (χ1v) is 5.98. The number of nitrogens with zero attached hydrogens (tertiary/aromatic N) is 2. The monoisotopic (exact) mass is 295 g/mol. The highest BCUT2D eigenvalue weighted by molar-refractivity contribution is 5.81. The van der Waals surface area contributed by atoms with Crippen LogP contribution in [0.2, 0.25) is 0 Å². The van der Waals surface area contributed by atoms with Crippen molar-refractivity contribution in [3.8, 4) is 5.69 Å². The van der Waals surface area contributed by atoms with Crippen LogP contribution in [0.25, 0.3) is 16.7 Å². The molecule has 0 fully saturated rings. The van der Waals surface area contributed by atoms with Gasteiger partial charge in [0.1, 0.15) is 5.69 Å². The summed E-state index contributed by atoms with van der Waals surface area (Å²) in [6, 6.07) is 4.99. The zero-order valence-electron chi connectivity index (χ0n) is 10.8. The first-order chi connectivity index (χ1) is 9.90. The highest BCUT2D eigenvalue weighted by atomic mass is 19.2. The highest BCUT2D eigenvalue weighted by Gasteiger charge is 2.24. The van der Waals surface area contributed by atoms with Crippen molar-refractivity contribution >= 4 is 17.0 Å². The van der Waals surface area contributed by atoms with Crippen molar-refractivity contribution in [3.05, 3.63) is 53.1 Å². The van der Waals surface area contributed by atoms with Crippen LogP contribution in [0.1, 0.15) is 5.56 Å². The van der Waals surface area contributed by atoms with E-state index in [1.54, 1.807) is 19.1 Å². The Bertz CT molecular complexity index is 844. The number of aryl methyl sites for hydroxylation is 1. The topological polar surface area (TPSA) is 43.8 Å². The van der Waals surface area contributed by atoms with Crippen molar-refractivity contribution in [1.29, 1.82) is 0 Å². The SMILES string of the molecule is Cc1ccc2c(c1)nc(N)n2-c1c(F)c(F)cc(F)c1F. The Kier molecular flexibility index (Phi) is 2.86. The molecule has 0 saturated heterocycles. The molecular formula is C14H9F4N3. The van der Waals surface area contributed by atoms with Crippen molar-refractivity contribution < 1.29 is 17.6 Å². The largest absolute Gasteiger partial charge is 0.369 e. The molecule has 0 amide bonds. The first-order valence-electron chi connectivity index (χ1n) is 5.98. The number of imidazole rings is 1. The lowest BCUT2D eigenvalue weighted by atomic mass is 10.2. The van der Waals surface area contributed by atoms with E-state index in [1.165, 1.54) is 6.07 Å². The smallest absolute Gasteiger partial charge is 0.206 e. The molecule has 108 valence electrons. The Morgan fingerprint density at radius 1 is 1.00 bits per heavy atom. The molecule has 0 atom stereocenters. The fourth-order valence-electron chi connectivity index (χ4n) is 2.20. The molecule has 1 aromatic heterocycles. The van der Waals surface area contributed by atoms with Crippen molar-refractivity contribution in [2.45, 2.75) is 6.92 Å². The van der Waals surface area contributed by atoms with Crippen LogP contribution in [0.5, 0.6) is 0 Å². The molecule has 0 bridgehead atoms. The second-order valence-corrected chi connectivity index (χ2v) is 4.61. The number of nitrogens with two attached hydrogens (primary N) is 1. The molecular weight excluding hydrogens is 286 g/mol. The molecule has 7 heteroatoms. The summed E-state index contributed by atoms with van der Waals surface area (Å²) in [4.78, 5) is 3.95. The zero-order chi connectivity index (χ0) is 15.3. The minimum atomic E-state index is -1.53. The number of hydrogen-bond donors (Lipinski definition) is 1. The van der Waals surface area contributed by atoms with Crippen molar-refractivity contribution in [3.63, 3.8) is 0 Å². The van der Waals surface area contributed by atoms with Gasteiger partial charge in [0.2, 0.25) is 5.95 Å².